The number of rotatable bonds is 5. The quantitative estimate of drug-likeness (QED) is 0.451. The number of hydrogen-bond acceptors (Lipinski definition) is 6. The molecule has 0 amide bonds. The van der Waals surface area contributed by atoms with Crippen LogP contribution in [0.1, 0.15) is 27.0 Å². The summed E-state index contributed by atoms with van der Waals surface area (Å²) in [6, 6.07) is 16.4. The molecule has 0 spiro atoms. The second kappa shape index (κ2) is 7.69. The molecule has 154 valence electrons. The van der Waals surface area contributed by atoms with Gasteiger partial charge in [0.15, 0.2) is 5.60 Å². The molecule has 1 unspecified atom stereocenters. The van der Waals surface area contributed by atoms with Crippen LogP contribution in [0, 0.1) is 0 Å². The molecule has 4 rings (SSSR count). The fourth-order valence-corrected chi connectivity index (χ4v) is 4.60. The molecule has 1 aliphatic rings. The Morgan fingerprint density at radius 1 is 0.900 bits per heavy atom. The third-order valence-corrected chi connectivity index (χ3v) is 6.31. The first-order valence-electron chi connectivity index (χ1n) is 9.70. The summed E-state index contributed by atoms with van der Waals surface area (Å²) >= 11 is 1.65. The van der Waals surface area contributed by atoms with Crippen LogP contribution < -0.4 is 9.80 Å². The largest absolute Gasteiger partial charge is 0.440 e. The van der Waals surface area contributed by atoms with Crippen LogP contribution in [0.25, 0.3) is 0 Å². The highest BCUT2D eigenvalue weighted by atomic mass is 32.2. The predicted molar refractivity (Wildman–Crippen MR) is 123 cm³/mol. The molecule has 0 fully saturated rings. The number of benzene rings is 2. The average molecular weight is 420 g/mol. The van der Waals surface area contributed by atoms with Gasteiger partial charge in [-0.1, -0.05) is 18.2 Å². The van der Waals surface area contributed by atoms with Crippen molar-refractivity contribution in [3.05, 3.63) is 83.2 Å². The van der Waals surface area contributed by atoms with Gasteiger partial charge in [0.25, 0.3) is 0 Å². The number of esters is 1. The maximum atomic E-state index is 12.9. The van der Waals surface area contributed by atoms with Crippen LogP contribution in [-0.2, 0) is 10.3 Å². The molecule has 1 atom stereocenters. The summed E-state index contributed by atoms with van der Waals surface area (Å²) in [7, 11) is 8.05. The number of aromatic nitrogens is 1. The highest BCUT2D eigenvalue weighted by molar-refractivity contribution is 7.98. The molecule has 30 heavy (non-hydrogen) atoms. The fraction of sp³-hybridized carbons (Fsp3) is 0.250. The van der Waals surface area contributed by atoms with E-state index in [0.717, 1.165) is 33.0 Å². The number of fused-ring (bicyclic) bond motifs is 1. The number of hydrogen-bond donors (Lipinski definition) is 0. The maximum Gasteiger partial charge on any atom is 0.341 e. The molecule has 0 saturated heterocycles. The first kappa shape index (κ1) is 20.3. The normalized spacial score (nSPS) is 17.4. The number of ether oxygens (including phenoxy) is 1. The van der Waals surface area contributed by atoms with E-state index >= 15 is 0 Å². The Balaban J connectivity index is 2.01. The SMILES string of the molecule is CSc1cc(N(C)C)ccc1C1(c2ccc(N(C)C)cc2)OC(=O)c2cnccc21. The van der Waals surface area contributed by atoms with Crippen molar-refractivity contribution in [1.82, 2.24) is 4.98 Å². The molecular weight excluding hydrogens is 394 g/mol. The lowest BCUT2D eigenvalue weighted by Gasteiger charge is -2.32. The number of nitrogens with zero attached hydrogens (tertiary/aromatic N) is 3. The van der Waals surface area contributed by atoms with Gasteiger partial charge in [-0.3, -0.25) is 4.98 Å². The molecule has 3 aromatic rings. The Kier molecular flexibility index (Phi) is 5.20. The Morgan fingerprint density at radius 3 is 2.20 bits per heavy atom. The van der Waals surface area contributed by atoms with Gasteiger partial charge in [-0.2, -0.15) is 0 Å². The summed E-state index contributed by atoms with van der Waals surface area (Å²) < 4.78 is 6.22. The molecule has 2 heterocycles. The zero-order valence-corrected chi connectivity index (χ0v) is 18.7. The highest BCUT2D eigenvalue weighted by Crippen LogP contribution is 2.49. The van der Waals surface area contributed by atoms with Gasteiger partial charge in [-0.05, 0) is 36.6 Å². The molecule has 0 N–H and O–H groups in total. The van der Waals surface area contributed by atoms with Gasteiger partial charge in [0.05, 0.1) is 5.56 Å². The van der Waals surface area contributed by atoms with Crippen molar-refractivity contribution >= 4 is 29.1 Å². The zero-order chi connectivity index (χ0) is 21.5. The second-order valence-electron chi connectivity index (χ2n) is 7.71. The Bertz CT molecular complexity index is 1100. The third kappa shape index (κ3) is 3.12. The summed E-state index contributed by atoms with van der Waals surface area (Å²) in [5.41, 5.74) is 4.38. The summed E-state index contributed by atoms with van der Waals surface area (Å²) in [4.78, 5) is 22.2. The average Bonchev–Trinajstić information content (AvgIpc) is 3.07. The van der Waals surface area contributed by atoms with Crippen LogP contribution in [-0.4, -0.2) is 45.4 Å². The van der Waals surface area contributed by atoms with E-state index < -0.39 is 5.60 Å². The van der Waals surface area contributed by atoms with Gasteiger partial charge in [0.1, 0.15) is 0 Å². The van der Waals surface area contributed by atoms with E-state index in [9.17, 15) is 4.79 Å². The molecule has 0 saturated carbocycles. The lowest BCUT2D eigenvalue weighted by Crippen LogP contribution is -2.30. The number of carbonyl (C=O) groups is 1. The molecule has 0 radical (unpaired) electrons. The van der Waals surface area contributed by atoms with Crippen LogP contribution in [0.2, 0.25) is 0 Å². The Labute approximate surface area is 181 Å². The van der Waals surface area contributed by atoms with E-state index in [0.29, 0.717) is 5.56 Å². The molecular formula is C24H25N3O2S. The van der Waals surface area contributed by atoms with E-state index in [2.05, 4.69) is 40.2 Å². The topological polar surface area (TPSA) is 45.7 Å². The number of carbonyl (C=O) groups excluding carboxylic acids is 1. The molecule has 2 aromatic carbocycles. The Hall–Kier alpha value is -2.99. The minimum atomic E-state index is -1.01. The van der Waals surface area contributed by atoms with Gasteiger partial charge in [-0.15, -0.1) is 11.8 Å². The van der Waals surface area contributed by atoms with Gasteiger partial charge >= 0.3 is 5.97 Å². The van der Waals surface area contributed by atoms with Gasteiger partial charge in [-0.25, -0.2) is 4.79 Å². The lowest BCUT2D eigenvalue weighted by molar-refractivity contribution is 0.0244. The van der Waals surface area contributed by atoms with Crippen molar-refractivity contribution in [2.75, 3.05) is 44.2 Å². The molecule has 1 aromatic heterocycles. The molecule has 5 nitrogen and oxygen atoms in total. The predicted octanol–water partition coefficient (Wildman–Crippen LogP) is 4.40. The minimum Gasteiger partial charge on any atom is -0.440 e. The first-order chi connectivity index (χ1) is 14.4. The monoisotopic (exact) mass is 419 g/mol. The van der Waals surface area contributed by atoms with E-state index in [-0.39, 0.29) is 5.97 Å². The second-order valence-corrected chi connectivity index (χ2v) is 8.56. The number of anilines is 2. The van der Waals surface area contributed by atoms with Crippen molar-refractivity contribution in [2.24, 2.45) is 0 Å². The molecule has 6 heteroatoms. The van der Waals surface area contributed by atoms with Crippen molar-refractivity contribution < 1.29 is 9.53 Å². The third-order valence-electron chi connectivity index (χ3n) is 5.54. The standard InChI is InChI=1S/C24H25N3O2S/c1-26(2)17-8-6-16(7-9-17)24(20-12-13-25-15-19(20)23(28)29-24)21-11-10-18(27(3)4)14-22(21)30-5/h6-15H,1-5H3. The van der Waals surface area contributed by atoms with Crippen LogP contribution in [0.3, 0.4) is 0 Å². The van der Waals surface area contributed by atoms with E-state index in [1.807, 2.05) is 57.5 Å². The highest BCUT2D eigenvalue weighted by Gasteiger charge is 2.49. The summed E-state index contributed by atoms with van der Waals surface area (Å²) in [5.74, 6) is -0.349. The minimum absolute atomic E-state index is 0.349. The van der Waals surface area contributed by atoms with Crippen LogP contribution in [0.5, 0.6) is 0 Å². The van der Waals surface area contributed by atoms with Crippen LogP contribution in [0.15, 0.2) is 65.8 Å². The van der Waals surface area contributed by atoms with Gasteiger partial charge in [0, 0.05) is 73.5 Å². The smallest absolute Gasteiger partial charge is 0.341 e. The van der Waals surface area contributed by atoms with E-state index in [1.165, 1.54) is 0 Å². The van der Waals surface area contributed by atoms with Crippen molar-refractivity contribution in [1.29, 1.82) is 0 Å². The summed E-state index contributed by atoms with van der Waals surface area (Å²) in [6.45, 7) is 0. The first-order valence-corrected chi connectivity index (χ1v) is 10.9. The number of pyridine rings is 1. The number of cyclic esters (lactones) is 1. The lowest BCUT2D eigenvalue weighted by atomic mass is 9.80. The summed E-state index contributed by atoms with van der Waals surface area (Å²) in [5, 5.41) is 0. The maximum absolute atomic E-state index is 12.9. The van der Waals surface area contributed by atoms with Gasteiger partial charge < -0.3 is 14.5 Å². The van der Waals surface area contributed by atoms with Crippen LogP contribution >= 0.6 is 11.8 Å². The van der Waals surface area contributed by atoms with E-state index in [1.54, 1.807) is 24.2 Å². The molecule has 1 aliphatic heterocycles. The van der Waals surface area contributed by atoms with Crippen molar-refractivity contribution in [3.8, 4) is 0 Å². The fourth-order valence-electron chi connectivity index (χ4n) is 3.93. The van der Waals surface area contributed by atoms with Crippen LogP contribution in [0.4, 0.5) is 11.4 Å². The number of thioether (sulfide) groups is 1. The Morgan fingerprint density at radius 2 is 1.57 bits per heavy atom. The summed E-state index contributed by atoms with van der Waals surface area (Å²) in [6.07, 6.45) is 5.36. The van der Waals surface area contributed by atoms with Crippen molar-refractivity contribution in [3.63, 3.8) is 0 Å². The van der Waals surface area contributed by atoms with E-state index in [4.69, 9.17) is 4.74 Å². The molecule has 0 bridgehead atoms. The zero-order valence-electron chi connectivity index (χ0n) is 17.8. The molecule has 0 aliphatic carbocycles. The van der Waals surface area contributed by atoms with Crippen molar-refractivity contribution in [2.45, 2.75) is 10.5 Å². The van der Waals surface area contributed by atoms with Gasteiger partial charge in [0.2, 0.25) is 0 Å².